The number of rotatable bonds is 0. The first-order chi connectivity index (χ1) is 5.75. The first kappa shape index (κ1) is 7.87. The smallest absolute Gasteiger partial charge is 0.113 e. The monoisotopic (exact) mass is 157 g/mol. The summed E-state index contributed by atoms with van der Waals surface area (Å²) in [5.74, 6) is 0. The molecular formula is C10H12BN. The number of hydrogen-bond donors (Lipinski definition) is 0. The van der Waals surface area contributed by atoms with Crippen LogP contribution in [-0.2, 0) is 13.0 Å². The third-order valence-electron chi connectivity index (χ3n) is 2.43. The van der Waals surface area contributed by atoms with Gasteiger partial charge in [-0.2, -0.15) is 0 Å². The van der Waals surface area contributed by atoms with E-state index in [4.69, 9.17) is 7.85 Å². The summed E-state index contributed by atoms with van der Waals surface area (Å²) in [5, 5.41) is 0. The normalized spacial score (nSPS) is 17.4. The lowest BCUT2D eigenvalue weighted by Crippen LogP contribution is -2.27. The van der Waals surface area contributed by atoms with E-state index in [0.717, 1.165) is 25.0 Å². The molecule has 2 heteroatoms. The van der Waals surface area contributed by atoms with Crippen molar-refractivity contribution in [1.29, 1.82) is 0 Å². The van der Waals surface area contributed by atoms with Crippen molar-refractivity contribution in [3.8, 4) is 0 Å². The van der Waals surface area contributed by atoms with E-state index in [0.29, 0.717) is 0 Å². The summed E-state index contributed by atoms with van der Waals surface area (Å²) in [6, 6.07) is 6.23. The maximum atomic E-state index is 5.71. The SMILES string of the molecule is [B]c1ccc2c(c1)CN(C)CC2. The van der Waals surface area contributed by atoms with E-state index in [9.17, 15) is 0 Å². The molecule has 60 valence electrons. The molecule has 2 radical (unpaired) electrons. The predicted molar refractivity (Wildman–Crippen MR) is 51.9 cm³/mol. The molecule has 0 aliphatic carbocycles. The summed E-state index contributed by atoms with van der Waals surface area (Å²) in [4.78, 5) is 2.32. The van der Waals surface area contributed by atoms with Crippen molar-refractivity contribution in [3.63, 3.8) is 0 Å². The Bertz CT molecular complexity index is 296. The molecule has 0 unspecified atom stereocenters. The molecular weight excluding hydrogens is 145 g/mol. The average molecular weight is 157 g/mol. The standard InChI is InChI=1S/C10H12BN/c1-12-5-4-8-2-3-10(11)6-9(8)7-12/h2-3,6H,4-5,7H2,1H3. The Morgan fingerprint density at radius 2 is 2.17 bits per heavy atom. The van der Waals surface area contributed by atoms with E-state index in [-0.39, 0.29) is 0 Å². The number of nitrogens with zero attached hydrogens (tertiary/aromatic N) is 1. The van der Waals surface area contributed by atoms with Gasteiger partial charge in [-0.3, -0.25) is 0 Å². The van der Waals surface area contributed by atoms with Gasteiger partial charge in [0.1, 0.15) is 7.85 Å². The summed E-state index contributed by atoms with van der Waals surface area (Å²) >= 11 is 0. The van der Waals surface area contributed by atoms with Crippen molar-refractivity contribution in [3.05, 3.63) is 29.3 Å². The van der Waals surface area contributed by atoms with Crippen LogP contribution in [0.5, 0.6) is 0 Å². The second-order valence-electron chi connectivity index (χ2n) is 3.52. The Balaban J connectivity index is 2.37. The van der Waals surface area contributed by atoms with Gasteiger partial charge < -0.3 is 4.90 Å². The van der Waals surface area contributed by atoms with Crippen molar-refractivity contribution in [2.75, 3.05) is 13.6 Å². The maximum absolute atomic E-state index is 5.71. The summed E-state index contributed by atoms with van der Waals surface area (Å²) in [5.41, 5.74) is 3.73. The quantitative estimate of drug-likeness (QED) is 0.494. The van der Waals surface area contributed by atoms with E-state index in [1.54, 1.807) is 0 Å². The molecule has 2 rings (SSSR count). The highest BCUT2D eigenvalue weighted by Gasteiger charge is 2.11. The first-order valence-electron chi connectivity index (χ1n) is 4.31. The third kappa shape index (κ3) is 1.39. The molecule has 0 fully saturated rings. The van der Waals surface area contributed by atoms with Crippen LogP contribution in [0.4, 0.5) is 0 Å². The zero-order valence-electron chi connectivity index (χ0n) is 7.38. The lowest BCUT2D eigenvalue weighted by molar-refractivity contribution is 0.313. The summed E-state index contributed by atoms with van der Waals surface area (Å²) < 4.78 is 0. The molecule has 1 aromatic carbocycles. The zero-order valence-corrected chi connectivity index (χ0v) is 7.38. The van der Waals surface area contributed by atoms with Crippen LogP contribution < -0.4 is 5.46 Å². The summed E-state index contributed by atoms with van der Waals surface area (Å²) in [7, 11) is 7.85. The molecule has 0 bridgehead atoms. The molecule has 1 aliphatic heterocycles. The van der Waals surface area contributed by atoms with Crippen LogP contribution in [0, 0.1) is 0 Å². The highest BCUT2D eigenvalue weighted by atomic mass is 15.1. The molecule has 0 saturated carbocycles. The minimum Gasteiger partial charge on any atom is -0.302 e. The second-order valence-corrected chi connectivity index (χ2v) is 3.52. The number of likely N-dealkylation sites (N-methyl/N-ethyl adjacent to an activating group) is 1. The van der Waals surface area contributed by atoms with Crippen molar-refractivity contribution in [2.45, 2.75) is 13.0 Å². The van der Waals surface area contributed by atoms with Gasteiger partial charge in [0, 0.05) is 13.1 Å². The van der Waals surface area contributed by atoms with Gasteiger partial charge in [0.05, 0.1) is 0 Å². The lowest BCUT2D eigenvalue weighted by atomic mass is 9.89. The van der Waals surface area contributed by atoms with Gasteiger partial charge in [0.2, 0.25) is 0 Å². The molecule has 0 amide bonds. The van der Waals surface area contributed by atoms with Gasteiger partial charge in [-0.05, 0) is 24.6 Å². The van der Waals surface area contributed by atoms with Gasteiger partial charge in [0.25, 0.3) is 0 Å². The minimum absolute atomic E-state index is 0.879. The molecule has 12 heavy (non-hydrogen) atoms. The lowest BCUT2D eigenvalue weighted by Gasteiger charge is -2.25. The fourth-order valence-corrected chi connectivity index (χ4v) is 1.72. The highest BCUT2D eigenvalue weighted by Crippen LogP contribution is 2.15. The van der Waals surface area contributed by atoms with Crippen LogP contribution in [0.3, 0.4) is 0 Å². The van der Waals surface area contributed by atoms with Gasteiger partial charge in [-0.15, -0.1) is 0 Å². The fraction of sp³-hybridized carbons (Fsp3) is 0.400. The van der Waals surface area contributed by atoms with Crippen molar-refractivity contribution >= 4 is 13.3 Å². The van der Waals surface area contributed by atoms with Crippen LogP contribution in [0.1, 0.15) is 11.1 Å². The highest BCUT2D eigenvalue weighted by molar-refractivity contribution is 6.32. The Hall–Kier alpha value is -0.755. The first-order valence-corrected chi connectivity index (χ1v) is 4.31. The number of hydrogen-bond acceptors (Lipinski definition) is 1. The molecule has 1 aliphatic rings. The van der Waals surface area contributed by atoms with Gasteiger partial charge in [0.15, 0.2) is 0 Å². The molecule has 0 atom stereocenters. The van der Waals surface area contributed by atoms with Gasteiger partial charge in [-0.25, -0.2) is 0 Å². The molecule has 0 N–H and O–H groups in total. The van der Waals surface area contributed by atoms with Crippen LogP contribution in [0.25, 0.3) is 0 Å². The Morgan fingerprint density at radius 1 is 1.33 bits per heavy atom. The fourth-order valence-electron chi connectivity index (χ4n) is 1.72. The molecule has 1 aromatic rings. The Kier molecular flexibility index (Phi) is 1.93. The zero-order chi connectivity index (χ0) is 8.55. The van der Waals surface area contributed by atoms with E-state index < -0.39 is 0 Å². The summed E-state index contributed by atoms with van der Waals surface area (Å²) in [6.45, 7) is 2.21. The van der Waals surface area contributed by atoms with Gasteiger partial charge in [-0.1, -0.05) is 23.7 Å². The number of benzene rings is 1. The van der Waals surface area contributed by atoms with E-state index in [1.165, 1.54) is 11.1 Å². The van der Waals surface area contributed by atoms with Crippen molar-refractivity contribution in [2.24, 2.45) is 0 Å². The van der Waals surface area contributed by atoms with Crippen LogP contribution in [-0.4, -0.2) is 26.3 Å². The van der Waals surface area contributed by atoms with Gasteiger partial charge >= 0.3 is 0 Å². The Morgan fingerprint density at radius 3 is 3.00 bits per heavy atom. The van der Waals surface area contributed by atoms with E-state index in [1.807, 2.05) is 6.07 Å². The molecule has 0 aromatic heterocycles. The molecule has 1 heterocycles. The number of fused-ring (bicyclic) bond motifs is 1. The summed E-state index contributed by atoms with van der Waals surface area (Å²) in [6.07, 6.45) is 1.16. The molecule has 0 saturated heterocycles. The molecule has 1 nitrogen and oxygen atoms in total. The van der Waals surface area contributed by atoms with Crippen LogP contribution >= 0.6 is 0 Å². The van der Waals surface area contributed by atoms with Crippen molar-refractivity contribution in [1.82, 2.24) is 4.90 Å². The minimum atomic E-state index is 0.879. The largest absolute Gasteiger partial charge is 0.302 e. The van der Waals surface area contributed by atoms with E-state index >= 15 is 0 Å². The topological polar surface area (TPSA) is 3.24 Å². The Labute approximate surface area is 74.8 Å². The van der Waals surface area contributed by atoms with Crippen molar-refractivity contribution < 1.29 is 0 Å². The van der Waals surface area contributed by atoms with Crippen LogP contribution in [0.2, 0.25) is 0 Å². The predicted octanol–water partition coefficient (Wildman–Crippen LogP) is 0.468. The average Bonchev–Trinajstić information content (AvgIpc) is 2.03. The molecule has 0 spiro atoms. The maximum Gasteiger partial charge on any atom is 0.113 e. The van der Waals surface area contributed by atoms with E-state index in [2.05, 4.69) is 24.1 Å². The third-order valence-corrected chi connectivity index (χ3v) is 2.43. The van der Waals surface area contributed by atoms with Crippen LogP contribution in [0.15, 0.2) is 18.2 Å². The second kappa shape index (κ2) is 2.94.